The van der Waals surface area contributed by atoms with E-state index in [9.17, 15) is 9.59 Å². The molecule has 0 radical (unpaired) electrons. The van der Waals surface area contributed by atoms with E-state index in [1.807, 2.05) is 29.2 Å². The van der Waals surface area contributed by atoms with Gasteiger partial charge < -0.3 is 9.88 Å². The Hall–Kier alpha value is -3.29. The third-order valence-electron chi connectivity index (χ3n) is 4.82. The number of aromatic amines is 1. The number of rotatable bonds is 3. The second-order valence-corrected chi connectivity index (χ2v) is 6.77. The monoisotopic (exact) mass is 364 g/mol. The van der Waals surface area contributed by atoms with Crippen molar-refractivity contribution in [2.24, 2.45) is 0 Å². The molecule has 1 saturated heterocycles. The number of carbonyl (C=O) groups excluding carboxylic acids is 1. The summed E-state index contributed by atoms with van der Waals surface area (Å²) < 4.78 is 1.76. The van der Waals surface area contributed by atoms with E-state index >= 15 is 0 Å². The van der Waals surface area contributed by atoms with Crippen LogP contribution in [-0.2, 0) is 0 Å². The van der Waals surface area contributed by atoms with Gasteiger partial charge in [0.15, 0.2) is 0 Å². The molecule has 27 heavy (non-hydrogen) atoms. The minimum absolute atomic E-state index is 0.0174. The number of nitrogens with one attached hydrogen (secondary N) is 1. The second-order valence-electron chi connectivity index (χ2n) is 6.77. The fourth-order valence-electron chi connectivity index (χ4n) is 3.53. The Morgan fingerprint density at radius 2 is 2.04 bits per heavy atom. The molecule has 2 aromatic heterocycles. The molecule has 3 heterocycles. The number of piperidine rings is 1. The molecule has 1 aliphatic heterocycles. The van der Waals surface area contributed by atoms with E-state index in [-0.39, 0.29) is 17.4 Å². The second kappa shape index (κ2) is 7.14. The molecule has 3 aromatic rings. The van der Waals surface area contributed by atoms with Gasteiger partial charge in [-0.1, -0.05) is 6.07 Å². The third-order valence-corrected chi connectivity index (χ3v) is 4.82. The van der Waals surface area contributed by atoms with E-state index < -0.39 is 0 Å². The van der Waals surface area contributed by atoms with E-state index in [1.165, 1.54) is 6.07 Å². The zero-order valence-electron chi connectivity index (χ0n) is 15.0. The largest absolute Gasteiger partial charge is 0.338 e. The fourth-order valence-corrected chi connectivity index (χ4v) is 3.53. The van der Waals surface area contributed by atoms with Crippen LogP contribution in [0.5, 0.6) is 0 Å². The van der Waals surface area contributed by atoms with Crippen LogP contribution in [0.25, 0.3) is 5.69 Å². The number of likely N-dealkylation sites (tertiary alicyclic amines) is 1. The third kappa shape index (κ3) is 3.64. The van der Waals surface area contributed by atoms with Crippen molar-refractivity contribution >= 4 is 5.91 Å². The lowest BCUT2D eigenvalue weighted by Gasteiger charge is -2.32. The van der Waals surface area contributed by atoms with Gasteiger partial charge in [-0.15, -0.1) is 10.2 Å². The van der Waals surface area contributed by atoms with Gasteiger partial charge in [0, 0.05) is 36.3 Å². The van der Waals surface area contributed by atoms with Crippen LogP contribution >= 0.6 is 0 Å². The molecule has 1 N–H and O–H groups in total. The summed E-state index contributed by atoms with van der Waals surface area (Å²) in [5, 5.41) is 7.61. The van der Waals surface area contributed by atoms with Gasteiger partial charge in [0.25, 0.3) is 11.5 Å². The van der Waals surface area contributed by atoms with Crippen LogP contribution in [-0.4, -0.2) is 48.6 Å². The maximum Gasteiger partial charge on any atom is 0.253 e. The van der Waals surface area contributed by atoms with Crippen molar-refractivity contribution in [3.8, 4) is 5.69 Å². The summed E-state index contributed by atoms with van der Waals surface area (Å²) in [6, 6.07) is 8.95. The van der Waals surface area contributed by atoms with Crippen molar-refractivity contribution in [1.82, 2.24) is 29.6 Å². The maximum atomic E-state index is 13.0. The van der Waals surface area contributed by atoms with Gasteiger partial charge in [-0.3, -0.25) is 14.2 Å². The first-order valence-corrected chi connectivity index (χ1v) is 8.92. The van der Waals surface area contributed by atoms with Gasteiger partial charge >= 0.3 is 0 Å². The van der Waals surface area contributed by atoms with Crippen LogP contribution in [0.2, 0.25) is 0 Å². The van der Waals surface area contributed by atoms with Crippen molar-refractivity contribution in [1.29, 1.82) is 0 Å². The van der Waals surface area contributed by atoms with E-state index in [0.29, 0.717) is 24.5 Å². The molecule has 138 valence electrons. The Morgan fingerprint density at radius 1 is 1.22 bits per heavy atom. The number of aromatic nitrogens is 5. The first-order valence-electron chi connectivity index (χ1n) is 8.92. The summed E-state index contributed by atoms with van der Waals surface area (Å²) in [6.07, 6.45) is 5.00. The number of benzene rings is 1. The summed E-state index contributed by atoms with van der Waals surface area (Å²) in [6.45, 7) is 3.03. The predicted molar refractivity (Wildman–Crippen MR) is 98.8 cm³/mol. The van der Waals surface area contributed by atoms with Crippen molar-refractivity contribution in [3.63, 3.8) is 0 Å². The molecular weight excluding hydrogens is 344 g/mol. The topological polar surface area (TPSA) is 96.8 Å². The van der Waals surface area contributed by atoms with Crippen LogP contribution in [0.4, 0.5) is 0 Å². The van der Waals surface area contributed by atoms with E-state index in [4.69, 9.17) is 0 Å². The van der Waals surface area contributed by atoms with Gasteiger partial charge in [0.2, 0.25) is 0 Å². The Bertz CT molecular complexity index is 1010. The Morgan fingerprint density at radius 3 is 2.81 bits per heavy atom. The minimum Gasteiger partial charge on any atom is -0.338 e. The molecule has 0 saturated carbocycles. The fraction of sp³-hybridized carbons (Fsp3) is 0.316. The molecule has 1 aromatic carbocycles. The lowest BCUT2D eigenvalue weighted by Crippen LogP contribution is -2.39. The predicted octanol–water partition coefficient (Wildman–Crippen LogP) is 1.68. The quantitative estimate of drug-likeness (QED) is 0.763. The van der Waals surface area contributed by atoms with Crippen LogP contribution in [0.1, 0.15) is 40.6 Å². The molecule has 0 spiro atoms. The van der Waals surface area contributed by atoms with Crippen molar-refractivity contribution in [3.05, 3.63) is 70.4 Å². The molecule has 1 unspecified atom stereocenters. The van der Waals surface area contributed by atoms with Gasteiger partial charge in [-0.25, -0.2) is 4.98 Å². The zero-order chi connectivity index (χ0) is 18.8. The van der Waals surface area contributed by atoms with Crippen molar-refractivity contribution in [2.75, 3.05) is 13.1 Å². The Kier molecular flexibility index (Phi) is 4.53. The Labute approximate surface area is 155 Å². The highest BCUT2D eigenvalue weighted by molar-refractivity contribution is 5.94. The average molecular weight is 364 g/mol. The van der Waals surface area contributed by atoms with Gasteiger partial charge in [0.1, 0.15) is 18.5 Å². The standard InChI is InChI=1S/C19H20N6O2/c1-13-22-17(9-18(26)23-13)15-5-3-7-24(10-15)19(27)14-4-2-6-16(8-14)25-11-20-21-12-25/h2,4,6,8-9,11-12,15H,3,5,7,10H2,1H3,(H,22,23,26). The highest BCUT2D eigenvalue weighted by Crippen LogP contribution is 2.26. The Balaban J connectivity index is 1.55. The maximum absolute atomic E-state index is 13.0. The molecule has 4 rings (SSSR count). The number of carbonyl (C=O) groups is 1. The number of amides is 1. The average Bonchev–Trinajstić information content (AvgIpc) is 3.22. The number of hydrogen-bond donors (Lipinski definition) is 1. The molecular formula is C19H20N6O2. The molecule has 0 bridgehead atoms. The summed E-state index contributed by atoms with van der Waals surface area (Å²) in [5.41, 5.74) is 2.07. The SMILES string of the molecule is Cc1nc(C2CCCN(C(=O)c3cccc(-n4cnnc4)c3)C2)cc(=O)[nH]1. The molecule has 1 fully saturated rings. The number of hydrogen-bond acceptors (Lipinski definition) is 5. The highest BCUT2D eigenvalue weighted by atomic mass is 16.2. The lowest BCUT2D eigenvalue weighted by molar-refractivity contribution is 0.0706. The summed E-state index contributed by atoms with van der Waals surface area (Å²) in [4.78, 5) is 33.8. The van der Waals surface area contributed by atoms with Crippen LogP contribution in [0, 0.1) is 6.92 Å². The lowest BCUT2D eigenvalue weighted by atomic mass is 9.94. The molecule has 1 aliphatic rings. The number of nitrogens with zero attached hydrogens (tertiary/aromatic N) is 5. The first-order chi connectivity index (χ1) is 13.1. The van der Waals surface area contributed by atoms with Crippen LogP contribution in [0.15, 0.2) is 47.8 Å². The number of H-pyrrole nitrogens is 1. The van der Waals surface area contributed by atoms with Crippen LogP contribution in [0.3, 0.4) is 0 Å². The summed E-state index contributed by atoms with van der Waals surface area (Å²) in [5.74, 6) is 0.656. The molecule has 1 amide bonds. The zero-order valence-corrected chi connectivity index (χ0v) is 15.0. The smallest absolute Gasteiger partial charge is 0.253 e. The minimum atomic E-state index is -0.150. The molecule has 1 atom stereocenters. The van der Waals surface area contributed by atoms with Gasteiger partial charge in [-0.05, 0) is 38.0 Å². The summed E-state index contributed by atoms with van der Waals surface area (Å²) in [7, 11) is 0. The van der Waals surface area contributed by atoms with Gasteiger partial charge in [-0.2, -0.15) is 0 Å². The van der Waals surface area contributed by atoms with Gasteiger partial charge in [0.05, 0.1) is 5.69 Å². The number of aryl methyl sites for hydroxylation is 1. The molecule has 0 aliphatic carbocycles. The normalized spacial score (nSPS) is 17.1. The summed E-state index contributed by atoms with van der Waals surface area (Å²) >= 11 is 0. The van der Waals surface area contributed by atoms with E-state index in [2.05, 4.69) is 20.2 Å². The van der Waals surface area contributed by atoms with Crippen LogP contribution < -0.4 is 5.56 Å². The van der Waals surface area contributed by atoms with Crippen molar-refractivity contribution in [2.45, 2.75) is 25.7 Å². The molecule has 8 heteroatoms. The van der Waals surface area contributed by atoms with E-state index in [0.717, 1.165) is 24.2 Å². The van der Waals surface area contributed by atoms with E-state index in [1.54, 1.807) is 24.1 Å². The first kappa shape index (κ1) is 17.1. The highest BCUT2D eigenvalue weighted by Gasteiger charge is 2.27. The van der Waals surface area contributed by atoms with Crippen molar-refractivity contribution < 1.29 is 4.79 Å². The molecule has 8 nitrogen and oxygen atoms in total.